The number of sulfonamides is 1. The van der Waals surface area contributed by atoms with Crippen molar-refractivity contribution in [2.24, 2.45) is 0 Å². The summed E-state index contributed by atoms with van der Waals surface area (Å²) in [5.41, 5.74) is -0.761. The zero-order chi connectivity index (χ0) is 18.7. The summed E-state index contributed by atoms with van der Waals surface area (Å²) in [6.45, 7) is 0.343. The predicted octanol–water partition coefficient (Wildman–Crippen LogP) is 2.05. The van der Waals surface area contributed by atoms with Crippen LogP contribution in [0.4, 0.5) is 13.2 Å². The van der Waals surface area contributed by atoms with Gasteiger partial charge in [-0.3, -0.25) is 4.79 Å². The molecule has 0 amide bonds. The molecule has 10 heteroatoms. The highest BCUT2D eigenvalue weighted by atomic mass is 32.2. The van der Waals surface area contributed by atoms with E-state index in [1.54, 1.807) is 0 Å². The molecule has 6 nitrogen and oxygen atoms in total. The molecular formula is C15H18F3NO5S. The van der Waals surface area contributed by atoms with Crippen molar-refractivity contribution in [1.29, 1.82) is 0 Å². The van der Waals surface area contributed by atoms with E-state index in [9.17, 15) is 26.4 Å². The summed E-state index contributed by atoms with van der Waals surface area (Å²) in [6, 6.07) is 4.35. The molecule has 1 aromatic rings. The van der Waals surface area contributed by atoms with Gasteiger partial charge in [-0.25, -0.2) is 12.7 Å². The third kappa shape index (κ3) is 5.33. The molecule has 0 radical (unpaired) electrons. The van der Waals surface area contributed by atoms with Gasteiger partial charge in [0.2, 0.25) is 10.0 Å². The van der Waals surface area contributed by atoms with Crippen LogP contribution in [-0.4, -0.2) is 50.7 Å². The molecule has 0 N–H and O–H groups in total. The third-order valence-corrected chi connectivity index (χ3v) is 5.56. The van der Waals surface area contributed by atoms with Crippen LogP contribution < -0.4 is 4.74 Å². The number of halogens is 3. The van der Waals surface area contributed by atoms with E-state index in [2.05, 4.69) is 4.74 Å². The number of hydrogen-bond donors (Lipinski definition) is 0. The number of carbonyl (C=O) groups excluding carboxylic acids is 1. The Morgan fingerprint density at radius 3 is 2.24 bits per heavy atom. The van der Waals surface area contributed by atoms with Gasteiger partial charge in [0.1, 0.15) is 11.9 Å². The molecule has 140 valence electrons. The fraction of sp³-hybridized carbons (Fsp3) is 0.533. The second-order valence-corrected chi connectivity index (χ2v) is 7.54. The van der Waals surface area contributed by atoms with Gasteiger partial charge >= 0.3 is 12.1 Å². The average Bonchev–Trinajstić information content (AvgIpc) is 2.54. The Hall–Kier alpha value is -1.81. The van der Waals surface area contributed by atoms with Crippen LogP contribution in [0.3, 0.4) is 0 Å². The van der Waals surface area contributed by atoms with E-state index in [1.165, 1.54) is 16.4 Å². The van der Waals surface area contributed by atoms with Gasteiger partial charge in [-0.2, -0.15) is 13.2 Å². The fourth-order valence-corrected chi connectivity index (χ4v) is 3.81. The lowest BCUT2D eigenvalue weighted by Crippen LogP contribution is -2.43. The van der Waals surface area contributed by atoms with Crippen molar-refractivity contribution < 1.29 is 35.9 Å². The van der Waals surface area contributed by atoms with Crippen LogP contribution >= 0.6 is 0 Å². The Bertz CT molecular complexity index is 695. The quantitative estimate of drug-likeness (QED) is 0.730. The number of benzene rings is 1. The first-order valence-corrected chi connectivity index (χ1v) is 9.11. The lowest BCUT2D eigenvalue weighted by Gasteiger charge is -2.31. The molecule has 1 saturated heterocycles. The van der Waals surface area contributed by atoms with E-state index in [4.69, 9.17) is 4.74 Å². The second-order valence-electron chi connectivity index (χ2n) is 5.57. The molecule has 0 atom stereocenters. The molecule has 1 heterocycles. The summed E-state index contributed by atoms with van der Waals surface area (Å²) in [6.07, 6.45) is -3.96. The molecule has 1 aliphatic rings. The van der Waals surface area contributed by atoms with Gasteiger partial charge in [-0.15, -0.1) is 0 Å². The molecule has 0 saturated carbocycles. The van der Waals surface area contributed by atoms with Crippen LogP contribution in [0, 0.1) is 0 Å². The van der Waals surface area contributed by atoms with Gasteiger partial charge in [0.15, 0.2) is 5.75 Å². The Labute approximate surface area is 143 Å². The maximum atomic E-state index is 12.5. The number of methoxy groups -OCH3 is 1. The highest BCUT2D eigenvalue weighted by molar-refractivity contribution is 7.89. The monoisotopic (exact) mass is 381 g/mol. The SMILES string of the molecule is COC(=O)CS(=O)(=O)N1CCC(Oc2ccc(C(F)(F)F)cc2)CC1. The van der Waals surface area contributed by atoms with Crippen LogP contribution in [0.15, 0.2) is 24.3 Å². The molecule has 1 aromatic carbocycles. The molecule has 0 aromatic heterocycles. The number of piperidine rings is 1. The minimum absolute atomic E-state index is 0.171. The van der Waals surface area contributed by atoms with Crippen LogP contribution in [0.25, 0.3) is 0 Å². The smallest absolute Gasteiger partial charge is 0.416 e. The van der Waals surface area contributed by atoms with Crippen molar-refractivity contribution >= 4 is 16.0 Å². The topological polar surface area (TPSA) is 72.9 Å². The molecule has 2 rings (SSSR count). The number of esters is 1. The molecule has 25 heavy (non-hydrogen) atoms. The summed E-state index contributed by atoms with van der Waals surface area (Å²) in [5, 5.41) is 0. The van der Waals surface area contributed by atoms with Crippen LogP contribution in [0.1, 0.15) is 18.4 Å². The minimum Gasteiger partial charge on any atom is -0.490 e. The molecule has 1 aliphatic heterocycles. The molecule has 0 unspecified atom stereocenters. The molecule has 0 aliphatic carbocycles. The van der Waals surface area contributed by atoms with Crippen molar-refractivity contribution in [2.75, 3.05) is 26.0 Å². The fourth-order valence-electron chi connectivity index (χ4n) is 2.44. The lowest BCUT2D eigenvalue weighted by atomic mass is 10.1. The van der Waals surface area contributed by atoms with Crippen molar-refractivity contribution in [2.45, 2.75) is 25.1 Å². The summed E-state index contributed by atoms with van der Waals surface area (Å²) in [7, 11) is -2.62. The highest BCUT2D eigenvalue weighted by Crippen LogP contribution is 2.31. The Morgan fingerprint density at radius 1 is 1.20 bits per heavy atom. The van der Waals surface area contributed by atoms with E-state index in [0.717, 1.165) is 19.2 Å². The normalized spacial score (nSPS) is 17.3. The predicted molar refractivity (Wildman–Crippen MR) is 82.5 cm³/mol. The zero-order valence-corrected chi connectivity index (χ0v) is 14.3. The highest BCUT2D eigenvalue weighted by Gasteiger charge is 2.32. The van der Waals surface area contributed by atoms with Gasteiger partial charge in [-0.05, 0) is 37.1 Å². The second kappa shape index (κ2) is 7.61. The number of carbonyl (C=O) groups is 1. The standard InChI is InChI=1S/C15H18F3NO5S/c1-23-14(20)10-25(21,22)19-8-6-13(7-9-19)24-12-4-2-11(3-5-12)15(16,17)18/h2-5,13H,6-10H2,1H3. The number of ether oxygens (including phenoxy) is 2. The maximum absolute atomic E-state index is 12.5. The maximum Gasteiger partial charge on any atom is 0.416 e. The van der Waals surface area contributed by atoms with E-state index in [1.807, 2.05) is 0 Å². The minimum atomic E-state index is -4.40. The summed E-state index contributed by atoms with van der Waals surface area (Å²) in [4.78, 5) is 11.1. The summed E-state index contributed by atoms with van der Waals surface area (Å²) in [5.74, 6) is -1.25. The van der Waals surface area contributed by atoms with E-state index >= 15 is 0 Å². The first kappa shape index (κ1) is 19.5. The first-order chi connectivity index (χ1) is 11.6. The van der Waals surface area contributed by atoms with Gasteiger partial charge in [0.05, 0.1) is 12.7 Å². The van der Waals surface area contributed by atoms with E-state index < -0.39 is 33.5 Å². The Morgan fingerprint density at radius 2 is 1.76 bits per heavy atom. The number of alkyl halides is 3. The third-order valence-electron chi connectivity index (χ3n) is 3.81. The Kier molecular flexibility index (Phi) is 5.94. The molecule has 1 fully saturated rings. The largest absolute Gasteiger partial charge is 0.490 e. The molecule has 0 bridgehead atoms. The van der Waals surface area contributed by atoms with Crippen LogP contribution in [-0.2, 0) is 25.7 Å². The number of hydrogen-bond acceptors (Lipinski definition) is 5. The van der Waals surface area contributed by atoms with Gasteiger partial charge < -0.3 is 9.47 Å². The van der Waals surface area contributed by atoms with Crippen molar-refractivity contribution in [1.82, 2.24) is 4.31 Å². The van der Waals surface area contributed by atoms with Crippen molar-refractivity contribution in [3.8, 4) is 5.75 Å². The van der Waals surface area contributed by atoms with Crippen molar-refractivity contribution in [3.63, 3.8) is 0 Å². The van der Waals surface area contributed by atoms with Gasteiger partial charge in [-0.1, -0.05) is 0 Å². The summed E-state index contributed by atoms with van der Waals surface area (Å²) < 4.78 is 72.8. The Balaban J connectivity index is 1.89. The van der Waals surface area contributed by atoms with E-state index in [0.29, 0.717) is 18.6 Å². The number of nitrogens with zero attached hydrogens (tertiary/aromatic N) is 1. The molecule has 0 spiro atoms. The van der Waals surface area contributed by atoms with Gasteiger partial charge in [0.25, 0.3) is 0 Å². The van der Waals surface area contributed by atoms with Crippen LogP contribution in [0.2, 0.25) is 0 Å². The first-order valence-electron chi connectivity index (χ1n) is 7.50. The zero-order valence-electron chi connectivity index (χ0n) is 13.5. The lowest BCUT2D eigenvalue weighted by molar-refractivity contribution is -0.138. The van der Waals surface area contributed by atoms with E-state index in [-0.39, 0.29) is 19.2 Å². The number of rotatable bonds is 5. The molecular weight excluding hydrogens is 363 g/mol. The van der Waals surface area contributed by atoms with Gasteiger partial charge in [0, 0.05) is 13.1 Å². The van der Waals surface area contributed by atoms with Crippen molar-refractivity contribution in [3.05, 3.63) is 29.8 Å². The summed E-state index contributed by atoms with van der Waals surface area (Å²) >= 11 is 0. The average molecular weight is 381 g/mol. The van der Waals surface area contributed by atoms with Crippen LogP contribution in [0.5, 0.6) is 5.75 Å².